The molecule has 0 saturated heterocycles. The highest BCUT2D eigenvalue weighted by Gasteiger charge is 2.08. The maximum Gasteiger partial charge on any atom is 0.213 e. The Labute approximate surface area is 121 Å². The van der Waals surface area contributed by atoms with Gasteiger partial charge in [0.2, 0.25) is 5.88 Å². The van der Waals surface area contributed by atoms with Crippen LogP contribution in [0.2, 0.25) is 5.02 Å². The van der Waals surface area contributed by atoms with Gasteiger partial charge in [0.1, 0.15) is 0 Å². The third-order valence-corrected chi connectivity index (χ3v) is 3.14. The van der Waals surface area contributed by atoms with E-state index < -0.39 is 0 Å². The van der Waals surface area contributed by atoms with Crippen molar-refractivity contribution in [3.63, 3.8) is 0 Å². The first-order chi connectivity index (χ1) is 9.02. The summed E-state index contributed by atoms with van der Waals surface area (Å²) in [5, 5.41) is 4.07. The standard InChI is InChI=1S/C15H25ClN2O/c1-5-6-12(4)19-15-7-13(14(16)10-18-15)9-17-8-11(2)3/h7,10-12,17H,5-6,8-9H2,1-4H3. The predicted octanol–water partition coefficient (Wildman–Crippen LogP) is 4.05. The van der Waals surface area contributed by atoms with Crippen molar-refractivity contribution < 1.29 is 4.74 Å². The molecule has 0 saturated carbocycles. The Morgan fingerprint density at radius 1 is 1.37 bits per heavy atom. The fourth-order valence-corrected chi connectivity index (χ4v) is 2.00. The molecular formula is C15H25ClN2O. The van der Waals surface area contributed by atoms with E-state index in [4.69, 9.17) is 16.3 Å². The first kappa shape index (κ1) is 16.3. The topological polar surface area (TPSA) is 34.1 Å². The number of ether oxygens (including phenoxy) is 1. The molecule has 4 heteroatoms. The average molecular weight is 285 g/mol. The zero-order valence-electron chi connectivity index (χ0n) is 12.4. The van der Waals surface area contributed by atoms with E-state index >= 15 is 0 Å². The zero-order chi connectivity index (χ0) is 14.3. The van der Waals surface area contributed by atoms with Gasteiger partial charge in [0.25, 0.3) is 0 Å². The lowest BCUT2D eigenvalue weighted by atomic mass is 10.2. The van der Waals surface area contributed by atoms with Crippen LogP contribution in [-0.4, -0.2) is 17.6 Å². The van der Waals surface area contributed by atoms with Crippen LogP contribution in [0.3, 0.4) is 0 Å². The van der Waals surface area contributed by atoms with E-state index in [2.05, 4.69) is 38.0 Å². The van der Waals surface area contributed by atoms with E-state index in [0.29, 0.717) is 16.8 Å². The molecule has 0 amide bonds. The monoisotopic (exact) mass is 284 g/mol. The summed E-state index contributed by atoms with van der Waals surface area (Å²) in [5.41, 5.74) is 1.04. The molecule has 0 radical (unpaired) electrons. The lowest BCUT2D eigenvalue weighted by Gasteiger charge is -2.14. The second-order valence-electron chi connectivity index (χ2n) is 5.36. The normalized spacial score (nSPS) is 12.7. The van der Waals surface area contributed by atoms with E-state index in [1.807, 2.05) is 6.07 Å². The van der Waals surface area contributed by atoms with Gasteiger partial charge in [-0.15, -0.1) is 0 Å². The fraction of sp³-hybridized carbons (Fsp3) is 0.667. The molecule has 1 aromatic rings. The Hall–Kier alpha value is -0.800. The van der Waals surface area contributed by atoms with Crippen LogP contribution in [0.5, 0.6) is 5.88 Å². The molecule has 0 spiro atoms. The van der Waals surface area contributed by atoms with Crippen LogP contribution in [0.4, 0.5) is 0 Å². The molecule has 1 N–H and O–H groups in total. The zero-order valence-corrected chi connectivity index (χ0v) is 13.1. The molecule has 0 aliphatic carbocycles. The summed E-state index contributed by atoms with van der Waals surface area (Å²) in [6, 6.07) is 1.93. The van der Waals surface area contributed by atoms with Gasteiger partial charge in [0.15, 0.2) is 0 Å². The lowest BCUT2D eigenvalue weighted by Crippen LogP contribution is -2.19. The summed E-state index contributed by atoms with van der Waals surface area (Å²) in [4.78, 5) is 4.22. The summed E-state index contributed by atoms with van der Waals surface area (Å²) in [7, 11) is 0. The Bertz CT molecular complexity index is 382. The largest absolute Gasteiger partial charge is 0.475 e. The molecule has 3 nitrogen and oxygen atoms in total. The lowest BCUT2D eigenvalue weighted by molar-refractivity contribution is 0.201. The van der Waals surface area contributed by atoms with Crippen molar-refractivity contribution in [1.29, 1.82) is 0 Å². The van der Waals surface area contributed by atoms with Gasteiger partial charge in [-0.1, -0.05) is 38.8 Å². The molecule has 0 aliphatic rings. The van der Waals surface area contributed by atoms with Crippen LogP contribution in [0.15, 0.2) is 12.3 Å². The number of hydrogen-bond donors (Lipinski definition) is 1. The minimum Gasteiger partial charge on any atom is -0.475 e. The number of hydrogen-bond acceptors (Lipinski definition) is 3. The number of rotatable bonds is 8. The van der Waals surface area contributed by atoms with Crippen molar-refractivity contribution >= 4 is 11.6 Å². The molecule has 0 aromatic carbocycles. The van der Waals surface area contributed by atoms with E-state index in [9.17, 15) is 0 Å². The van der Waals surface area contributed by atoms with Crippen LogP contribution in [0.1, 0.15) is 46.1 Å². The molecule has 1 aromatic heterocycles. The van der Waals surface area contributed by atoms with Crippen molar-refractivity contribution in [2.24, 2.45) is 5.92 Å². The fourth-order valence-electron chi connectivity index (χ4n) is 1.83. The summed E-state index contributed by atoms with van der Waals surface area (Å²) >= 11 is 6.15. The molecule has 1 rings (SSSR count). The van der Waals surface area contributed by atoms with Crippen LogP contribution in [0.25, 0.3) is 0 Å². The van der Waals surface area contributed by atoms with Gasteiger partial charge in [0, 0.05) is 18.8 Å². The summed E-state index contributed by atoms with van der Waals surface area (Å²) in [6.07, 6.45) is 4.00. The van der Waals surface area contributed by atoms with E-state index in [-0.39, 0.29) is 6.10 Å². The minimum absolute atomic E-state index is 0.190. The predicted molar refractivity (Wildman–Crippen MR) is 80.8 cm³/mol. The van der Waals surface area contributed by atoms with Gasteiger partial charge >= 0.3 is 0 Å². The molecule has 1 atom stereocenters. The van der Waals surface area contributed by atoms with Crippen LogP contribution in [0, 0.1) is 5.92 Å². The molecule has 1 heterocycles. The quantitative estimate of drug-likeness (QED) is 0.782. The van der Waals surface area contributed by atoms with Crippen LogP contribution >= 0.6 is 11.6 Å². The highest BCUT2D eigenvalue weighted by Crippen LogP contribution is 2.20. The van der Waals surface area contributed by atoms with E-state index in [1.165, 1.54) is 0 Å². The number of nitrogens with one attached hydrogen (secondary N) is 1. The van der Waals surface area contributed by atoms with Gasteiger partial charge in [-0.3, -0.25) is 0 Å². The maximum atomic E-state index is 6.15. The first-order valence-corrected chi connectivity index (χ1v) is 7.42. The van der Waals surface area contributed by atoms with E-state index in [0.717, 1.165) is 31.5 Å². The molecule has 19 heavy (non-hydrogen) atoms. The highest BCUT2D eigenvalue weighted by atomic mass is 35.5. The molecule has 0 aliphatic heterocycles. The second kappa shape index (κ2) is 8.39. The Balaban J connectivity index is 2.60. The Morgan fingerprint density at radius 3 is 2.74 bits per heavy atom. The van der Waals surface area contributed by atoms with Gasteiger partial charge < -0.3 is 10.1 Å². The third kappa shape index (κ3) is 6.26. The number of pyridine rings is 1. The van der Waals surface area contributed by atoms with Crippen LogP contribution < -0.4 is 10.1 Å². The van der Waals surface area contributed by atoms with E-state index in [1.54, 1.807) is 6.20 Å². The number of halogens is 1. The van der Waals surface area contributed by atoms with Gasteiger partial charge in [0.05, 0.1) is 11.1 Å². The first-order valence-electron chi connectivity index (χ1n) is 7.04. The van der Waals surface area contributed by atoms with Gasteiger partial charge in [-0.05, 0) is 31.4 Å². The van der Waals surface area contributed by atoms with Crippen molar-refractivity contribution in [2.75, 3.05) is 6.54 Å². The molecule has 1 unspecified atom stereocenters. The summed E-state index contributed by atoms with van der Waals surface area (Å²) < 4.78 is 5.78. The average Bonchev–Trinajstić information content (AvgIpc) is 2.33. The minimum atomic E-state index is 0.190. The van der Waals surface area contributed by atoms with Crippen molar-refractivity contribution in [3.05, 3.63) is 22.8 Å². The molecular weight excluding hydrogens is 260 g/mol. The Morgan fingerprint density at radius 2 is 2.11 bits per heavy atom. The second-order valence-corrected chi connectivity index (χ2v) is 5.76. The summed E-state index contributed by atoms with van der Waals surface area (Å²) in [6.45, 7) is 10.3. The van der Waals surface area contributed by atoms with Crippen molar-refractivity contribution in [1.82, 2.24) is 10.3 Å². The smallest absolute Gasteiger partial charge is 0.213 e. The Kier molecular flexibility index (Phi) is 7.17. The van der Waals surface area contributed by atoms with Crippen molar-refractivity contribution in [3.8, 4) is 5.88 Å². The summed E-state index contributed by atoms with van der Waals surface area (Å²) in [5.74, 6) is 1.28. The molecule has 0 bridgehead atoms. The van der Waals surface area contributed by atoms with Gasteiger partial charge in [-0.2, -0.15) is 0 Å². The van der Waals surface area contributed by atoms with Crippen molar-refractivity contribution in [2.45, 2.75) is 53.2 Å². The number of nitrogens with zero attached hydrogens (tertiary/aromatic N) is 1. The maximum absolute atomic E-state index is 6.15. The number of aromatic nitrogens is 1. The third-order valence-electron chi connectivity index (χ3n) is 2.79. The van der Waals surface area contributed by atoms with Crippen LogP contribution in [-0.2, 0) is 6.54 Å². The molecule has 108 valence electrons. The SMILES string of the molecule is CCCC(C)Oc1cc(CNCC(C)C)c(Cl)cn1. The van der Waals surface area contributed by atoms with Gasteiger partial charge in [-0.25, -0.2) is 4.98 Å². The molecule has 0 fully saturated rings. The highest BCUT2D eigenvalue weighted by molar-refractivity contribution is 6.31.